The number of aliphatic hydroxyl groups is 5. The van der Waals surface area contributed by atoms with Crippen LogP contribution in [0.4, 0.5) is 0 Å². The van der Waals surface area contributed by atoms with Gasteiger partial charge in [-0.25, -0.2) is 0 Å². The monoisotopic (exact) mass is 265 g/mol. The summed E-state index contributed by atoms with van der Waals surface area (Å²) in [6, 6.07) is -0.938. The second kappa shape index (κ2) is 6.41. The first-order valence-electron chi connectivity index (χ1n) is 5.70. The maximum atomic E-state index is 10.4. The van der Waals surface area contributed by atoms with Gasteiger partial charge in [0.2, 0.25) is 0 Å². The van der Waals surface area contributed by atoms with Gasteiger partial charge in [-0.1, -0.05) is 0 Å². The van der Waals surface area contributed by atoms with E-state index in [4.69, 9.17) is 10.2 Å². The third-order valence-corrected chi connectivity index (χ3v) is 3.16. The van der Waals surface area contributed by atoms with Gasteiger partial charge in [0.25, 0.3) is 0 Å². The number of piperidine rings is 1. The van der Waals surface area contributed by atoms with Crippen LogP contribution < -0.4 is 0 Å². The molecule has 0 saturated carbocycles. The molecule has 0 aromatic heterocycles. The van der Waals surface area contributed by atoms with Gasteiger partial charge in [-0.05, 0) is 6.42 Å². The van der Waals surface area contributed by atoms with Crippen molar-refractivity contribution in [1.29, 1.82) is 0 Å². The lowest BCUT2D eigenvalue weighted by atomic mass is 9.92. The summed E-state index contributed by atoms with van der Waals surface area (Å²) in [7, 11) is 0. The third-order valence-electron chi connectivity index (χ3n) is 3.16. The zero-order valence-electron chi connectivity index (χ0n) is 9.75. The van der Waals surface area contributed by atoms with E-state index >= 15 is 0 Å². The van der Waals surface area contributed by atoms with E-state index in [0.717, 1.165) is 0 Å². The van der Waals surface area contributed by atoms with E-state index in [1.807, 2.05) is 0 Å². The Labute approximate surface area is 104 Å². The van der Waals surface area contributed by atoms with Crippen molar-refractivity contribution in [3.05, 3.63) is 0 Å². The fraction of sp³-hybridized carbons (Fsp3) is 0.900. The Morgan fingerprint density at radius 3 is 2.17 bits per heavy atom. The van der Waals surface area contributed by atoms with Crippen molar-refractivity contribution in [3.63, 3.8) is 0 Å². The summed E-state index contributed by atoms with van der Waals surface area (Å²) in [5.41, 5.74) is 0. The molecule has 1 fully saturated rings. The molecule has 1 rings (SSSR count). The molecule has 106 valence electrons. The third kappa shape index (κ3) is 3.16. The van der Waals surface area contributed by atoms with Crippen molar-refractivity contribution < 1.29 is 35.4 Å². The molecule has 0 amide bonds. The Kier molecular flexibility index (Phi) is 5.45. The van der Waals surface area contributed by atoms with Gasteiger partial charge in [0.05, 0.1) is 12.6 Å². The number of nitrogens with zero attached hydrogens (tertiary/aromatic N) is 1. The summed E-state index contributed by atoms with van der Waals surface area (Å²) in [5, 5.41) is 56.0. The van der Waals surface area contributed by atoms with Crippen molar-refractivity contribution in [3.8, 4) is 0 Å². The Morgan fingerprint density at radius 1 is 1.06 bits per heavy atom. The summed E-state index contributed by atoms with van der Waals surface area (Å²) >= 11 is 0. The molecule has 1 unspecified atom stereocenters. The molecule has 0 aliphatic carbocycles. The van der Waals surface area contributed by atoms with Crippen LogP contribution in [0.15, 0.2) is 0 Å². The number of carbonyl (C=O) groups is 1. The van der Waals surface area contributed by atoms with Crippen LogP contribution in [0.5, 0.6) is 0 Å². The second-order valence-corrected chi connectivity index (χ2v) is 4.37. The van der Waals surface area contributed by atoms with Gasteiger partial charge in [-0.2, -0.15) is 0 Å². The van der Waals surface area contributed by atoms with E-state index in [0.29, 0.717) is 0 Å². The molecule has 6 N–H and O–H groups in total. The molecular weight excluding hydrogens is 246 g/mol. The molecular formula is C10H19NO7. The first kappa shape index (κ1) is 15.3. The summed E-state index contributed by atoms with van der Waals surface area (Å²) in [6.45, 7) is -0.436. The Balaban J connectivity index is 2.68. The molecule has 1 aliphatic rings. The zero-order chi connectivity index (χ0) is 13.9. The number of aliphatic hydroxyl groups excluding tert-OH is 5. The van der Waals surface area contributed by atoms with Crippen LogP contribution in [0.2, 0.25) is 0 Å². The largest absolute Gasteiger partial charge is 0.481 e. The lowest BCUT2D eigenvalue weighted by molar-refractivity contribution is -0.222. The van der Waals surface area contributed by atoms with Gasteiger partial charge in [-0.3, -0.25) is 9.69 Å². The highest BCUT2D eigenvalue weighted by Crippen LogP contribution is 2.23. The molecule has 0 aromatic carbocycles. The predicted molar refractivity (Wildman–Crippen MR) is 58.5 cm³/mol. The van der Waals surface area contributed by atoms with Gasteiger partial charge in [-0.15, -0.1) is 0 Å². The topological polar surface area (TPSA) is 142 Å². The number of carboxylic acid groups (broad SMARTS) is 1. The lowest BCUT2D eigenvalue weighted by Crippen LogP contribution is -2.67. The summed E-state index contributed by atoms with van der Waals surface area (Å²) < 4.78 is 0. The highest BCUT2D eigenvalue weighted by atomic mass is 16.4. The maximum Gasteiger partial charge on any atom is 0.303 e. The van der Waals surface area contributed by atoms with Crippen LogP contribution in [-0.2, 0) is 4.79 Å². The number of hydrogen-bond acceptors (Lipinski definition) is 7. The smallest absolute Gasteiger partial charge is 0.303 e. The molecule has 0 radical (unpaired) electrons. The summed E-state index contributed by atoms with van der Waals surface area (Å²) in [5.74, 6) is -0.997. The average Bonchev–Trinajstić information content (AvgIpc) is 2.33. The summed E-state index contributed by atoms with van der Waals surface area (Å²) in [6.07, 6.45) is -5.90. The minimum Gasteiger partial charge on any atom is -0.481 e. The fourth-order valence-corrected chi connectivity index (χ4v) is 2.12. The standard InChI is InChI=1S/C10H19NO7/c12-4-5-7(15)8(16)9(17)10(18)11(5)3-1-2-6(13)14/h5,7-10,12,15-18H,1-4H2,(H,13,14)/t5-,7+,8+,9-,10?/m1/s1. The predicted octanol–water partition coefficient (Wildman–Crippen LogP) is -3.07. The van der Waals surface area contributed by atoms with E-state index < -0.39 is 43.2 Å². The van der Waals surface area contributed by atoms with Gasteiger partial charge < -0.3 is 30.6 Å². The maximum absolute atomic E-state index is 10.4. The molecule has 1 saturated heterocycles. The van der Waals surface area contributed by atoms with Crippen molar-refractivity contribution in [2.75, 3.05) is 13.2 Å². The minimum absolute atomic E-state index is 0.0829. The SMILES string of the molecule is O=C(O)CCCN1C(O)[C@H](O)[C@@H](O)[C@@H](O)[C@H]1CO. The van der Waals surface area contributed by atoms with Crippen LogP contribution in [-0.4, -0.2) is 85.2 Å². The van der Waals surface area contributed by atoms with E-state index in [1.54, 1.807) is 0 Å². The minimum atomic E-state index is -1.56. The van der Waals surface area contributed by atoms with Gasteiger partial charge in [0.1, 0.15) is 24.5 Å². The van der Waals surface area contributed by atoms with Crippen LogP contribution in [0.3, 0.4) is 0 Å². The number of hydrogen-bond donors (Lipinski definition) is 6. The van der Waals surface area contributed by atoms with Crippen LogP contribution >= 0.6 is 0 Å². The number of carboxylic acids is 1. The van der Waals surface area contributed by atoms with Crippen LogP contribution in [0.1, 0.15) is 12.8 Å². The zero-order valence-corrected chi connectivity index (χ0v) is 9.75. The highest BCUT2D eigenvalue weighted by Gasteiger charge is 2.46. The first-order chi connectivity index (χ1) is 8.40. The molecule has 1 aliphatic heterocycles. The van der Waals surface area contributed by atoms with E-state index in [9.17, 15) is 25.2 Å². The van der Waals surface area contributed by atoms with Crippen molar-refractivity contribution >= 4 is 5.97 Å². The Bertz CT molecular complexity index is 287. The van der Waals surface area contributed by atoms with Crippen molar-refractivity contribution in [2.45, 2.75) is 43.4 Å². The van der Waals surface area contributed by atoms with Gasteiger partial charge in [0, 0.05) is 13.0 Å². The molecule has 1 heterocycles. The Morgan fingerprint density at radius 2 is 1.67 bits per heavy atom. The first-order valence-corrected chi connectivity index (χ1v) is 5.70. The molecule has 0 spiro atoms. The second-order valence-electron chi connectivity index (χ2n) is 4.37. The number of likely N-dealkylation sites (tertiary alicyclic amines) is 1. The molecule has 8 nitrogen and oxygen atoms in total. The quantitative estimate of drug-likeness (QED) is 0.307. The van der Waals surface area contributed by atoms with Gasteiger partial charge >= 0.3 is 5.97 Å². The molecule has 0 bridgehead atoms. The lowest BCUT2D eigenvalue weighted by Gasteiger charge is -2.46. The van der Waals surface area contributed by atoms with E-state index in [1.165, 1.54) is 4.90 Å². The summed E-state index contributed by atoms with van der Waals surface area (Å²) in [4.78, 5) is 11.6. The van der Waals surface area contributed by atoms with Crippen molar-refractivity contribution in [2.24, 2.45) is 0 Å². The molecule has 18 heavy (non-hydrogen) atoms. The normalized spacial score (nSPS) is 37.7. The van der Waals surface area contributed by atoms with Crippen molar-refractivity contribution in [1.82, 2.24) is 4.90 Å². The average molecular weight is 265 g/mol. The van der Waals surface area contributed by atoms with Crippen LogP contribution in [0.25, 0.3) is 0 Å². The van der Waals surface area contributed by atoms with E-state index in [2.05, 4.69) is 0 Å². The van der Waals surface area contributed by atoms with E-state index in [-0.39, 0.29) is 19.4 Å². The van der Waals surface area contributed by atoms with Crippen LogP contribution in [0, 0.1) is 0 Å². The van der Waals surface area contributed by atoms with Gasteiger partial charge in [0.15, 0.2) is 0 Å². The molecule has 8 heteroatoms. The number of rotatable bonds is 5. The highest BCUT2D eigenvalue weighted by molar-refractivity contribution is 5.66. The molecule has 5 atom stereocenters. The number of aliphatic carboxylic acids is 1. The fourth-order valence-electron chi connectivity index (χ4n) is 2.12. The Hall–Kier alpha value is -0.770. The molecule has 0 aromatic rings.